The molecule has 2 aromatic carbocycles. The molecule has 0 amide bonds. The summed E-state index contributed by atoms with van der Waals surface area (Å²) >= 11 is 0. The lowest BCUT2D eigenvalue weighted by Crippen LogP contribution is -2.23. The van der Waals surface area contributed by atoms with Gasteiger partial charge in [0.25, 0.3) is 5.56 Å². The Kier molecular flexibility index (Phi) is 4.44. The molecule has 0 radical (unpaired) electrons. The van der Waals surface area contributed by atoms with Gasteiger partial charge in [-0.25, -0.2) is 19.3 Å². The first-order valence-corrected chi connectivity index (χ1v) is 8.65. The van der Waals surface area contributed by atoms with Gasteiger partial charge in [0, 0.05) is 11.8 Å². The average molecular weight is 388 g/mol. The van der Waals surface area contributed by atoms with E-state index in [9.17, 15) is 14.7 Å². The number of benzene rings is 2. The molecule has 29 heavy (non-hydrogen) atoms. The summed E-state index contributed by atoms with van der Waals surface area (Å²) in [5.74, 6) is -1.05. The third kappa shape index (κ3) is 3.16. The number of pyridine rings is 1. The normalized spacial score (nSPS) is 10.8. The molecular weight excluding hydrogens is 372 g/mol. The minimum Gasteiger partial charge on any atom is -0.480 e. The van der Waals surface area contributed by atoms with Crippen molar-refractivity contribution in [2.45, 2.75) is 0 Å². The fourth-order valence-corrected chi connectivity index (χ4v) is 3.13. The average Bonchev–Trinajstić information content (AvgIpc) is 2.74. The number of carboxylic acid groups (broad SMARTS) is 1. The van der Waals surface area contributed by atoms with Crippen molar-refractivity contribution in [3.63, 3.8) is 0 Å². The molecule has 0 saturated heterocycles. The number of para-hydroxylation sites is 1. The van der Waals surface area contributed by atoms with Crippen molar-refractivity contribution < 1.29 is 14.6 Å². The zero-order chi connectivity index (χ0) is 20.5. The maximum absolute atomic E-state index is 13.1. The predicted octanol–water partition coefficient (Wildman–Crippen LogP) is 2.74. The van der Waals surface area contributed by atoms with E-state index < -0.39 is 5.97 Å². The molecule has 0 saturated carbocycles. The summed E-state index contributed by atoms with van der Waals surface area (Å²) in [7, 11) is 1.35. The lowest BCUT2D eigenvalue weighted by Gasteiger charge is -2.11. The van der Waals surface area contributed by atoms with Crippen LogP contribution in [0, 0.1) is 0 Å². The number of carboxylic acids is 1. The van der Waals surface area contributed by atoms with Gasteiger partial charge in [0.05, 0.1) is 23.7 Å². The number of nitrogens with two attached hydrogens (primary N) is 1. The molecule has 0 aliphatic carbocycles. The highest BCUT2D eigenvalue weighted by Crippen LogP contribution is 2.26. The number of nitrogens with zero attached hydrogens (tertiary/aromatic N) is 3. The fourth-order valence-electron chi connectivity index (χ4n) is 3.13. The molecule has 0 atom stereocenters. The monoisotopic (exact) mass is 388 g/mol. The van der Waals surface area contributed by atoms with E-state index in [0.29, 0.717) is 27.7 Å². The van der Waals surface area contributed by atoms with Crippen molar-refractivity contribution in [2.24, 2.45) is 0 Å². The van der Waals surface area contributed by atoms with Crippen molar-refractivity contribution in [3.05, 3.63) is 76.7 Å². The first-order valence-electron chi connectivity index (χ1n) is 8.65. The topological polar surface area (TPSA) is 120 Å². The van der Waals surface area contributed by atoms with Crippen LogP contribution in [-0.2, 0) is 0 Å². The first kappa shape index (κ1) is 18.2. The van der Waals surface area contributed by atoms with Crippen molar-refractivity contribution in [1.82, 2.24) is 14.5 Å². The van der Waals surface area contributed by atoms with Gasteiger partial charge in [0.15, 0.2) is 0 Å². The minimum atomic E-state index is -1.15. The second-order valence-electron chi connectivity index (χ2n) is 6.26. The van der Waals surface area contributed by atoms with Gasteiger partial charge in [-0.3, -0.25) is 4.79 Å². The number of carbonyl (C=O) groups is 1. The highest BCUT2D eigenvalue weighted by Gasteiger charge is 2.16. The maximum Gasteiger partial charge on any atom is 0.341 e. The maximum atomic E-state index is 13.1. The number of hydrogen-bond acceptors (Lipinski definition) is 6. The van der Waals surface area contributed by atoms with Gasteiger partial charge in [0.2, 0.25) is 11.8 Å². The number of aromatic nitrogens is 3. The predicted molar refractivity (Wildman–Crippen MR) is 108 cm³/mol. The number of hydrogen-bond donors (Lipinski definition) is 2. The second kappa shape index (κ2) is 7.08. The molecule has 3 N–H and O–H groups in total. The number of fused-ring (bicyclic) bond motifs is 1. The second-order valence-corrected chi connectivity index (χ2v) is 6.26. The highest BCUT2D eigenvalue weighted by molar-refractivity contribution is 5.92. The SMILES string of the molecule is COc1ncc(-c2ccc3nc(N)n(-c4ccccc4)c(=O)c3c2)cc1C(=O)O. The Morgan fingerprint density at radius 2 is 1.86 bits per heavy atom. The van der Waals surface area contributed by atoms with Crippen molar-refractivity contribution in [1.29, 1.82) is 0 Å². The van der Waals surface area contributed by atoms with Gasteiger partial charge in [-0.15, -0.1) is 0 Å². The molecule has 0 aliphatic rings. The Bertz CT molecular complexity index is 1300. The Labute approximate surface area is 164 Å². The molecule has 8 heteroatoms. The largest absolute Gasteiger partial charge is 0.480 e. The summed E-state index contributed by atoms with van der Waals surface area (Å²) in [5, 5.41) is 9.73. The molecule has 4 aromatic rings. The molecular formula is C21H16N4O4. The molecule has 0 spiro atoms. The van der Waals surface area contributed by atoms with Crippen LogP contribution >= 0.6 is 0 Å². The third-order valence-corrected chi connectivity index (χ3v) is 4.52. The number of nitrogen functional groups attached to an aromatic ring is 1. The van der Waals surface area contributed by atoms with Crippen LogP contribution in [0.4, 0.5) is 5.95 Å². The van der Waals surface area contributed by atoms with Crippen LogP contribution < -0.4 is 16.0 Å². The lowest BCUT2D eigenvalue weighted by molar-refractivity contribution is 0.0692. The quantitative estimate of drug-likeness (QED) is 0.551. The molecule has 2 aromatic heterocycles. The van der Waals surface area contributed by atoms with Crippen LogP contribution in [0.3, 0.4) is 0 Å². The molecule has 0 bridgehead atoms. The summed E-state index contributed by atoms with van der Waals surface area (Å²) in [4.78, 5) is 33.0. The van der Waals surface area contributed by atoms with Crippen LogP contribution in [0.5, 0.6) is 5.88 Å². The van der Waals surface area contributed by atoms with Crippen LogP contribution in [0.25, 0.3) is 27.7 Å². The van der Waals surface area contributed by atoms with Gasteiger partial charge in [-0.1, -0.05) is 24.3 Å². The van der Waals surface area contributed by atoms with E-state index in [2.05, 4.69) is 9.97 Å². The van der Waals surface area contributed by atoms with Crippen LogP contribution in [0.15, 0.2) is 65.6 Å². The van der Waals surface area contributed by atoms with E-state index in [0.717, 1.165) is 0 Å². The summed E-state index contributed by atoms with van der Waals surface area (Å²) in [5.41, 5.74) is 7.84. The van der Waals surface area contributed by atoms with Gasteiger partial charge < -0.3 is 15.6 Å². The van der Waals surface area contributed by atoms with Gasteiger partial charge in [-0.05, 0) is 35.9 Å². The van der Waals surface area contributed by atoms with E-state index in [1.807, 2.05) is 6.07 Å². The third-order valence-electron chi connectivity index (χ3n) is 4.52. The van der Waals surface area contributed by atoms with Crippen molar-refractivity contribution in [3.8, 4) is 22.7 Å². The smallest absolute Gasteiger partial charge is 0.341 e. The summed E-state index contributed by atoms with van der Waals surface area (Å²) < 4.78 is 6.33. The molecule has 144 valence electrons. The number of ether oxygens (including phenoxy) is 1. The molecule has 2 heterocycles. The van der Waals surface area contributed by atoms with E-state index >= 15 is 0 Å². The number of aromatic carboxylic acids is 1. The molecule has 4 rings (SSSR count). The zero-order valence-electron chi connectivity index (χ0n) is 15.4. The lowest BCUT2D eigenvalue weighted by atomic mass is 10.0. The Morgan fingerprint density at radius 3 is 2.55 bits per heavy atom. The van der Waals surface area contributed by atoms with E-state index in [4.69, 9.17) is 10.5 Å². The Morgan fingerprint density at radius 1 is 1.10 bits per heavy atom. The number of methoxy groups -OCH3 is 1. The first-order chi connectivity index (χ1) is 14.0. The highest BCUT2D eigenvalue weighted by atomic mass is 16.5. The Balaban J connectivity index is 1.92. The summed E-state index contributed by atoms with van der Waals surface area (Å²) in [6.45, 7) is 0. The van der Waals surface area contributed by atoms with Gasteiger partial charge in [-0.2, -0.15) is 0 Å². The van der Waals surface area contributed by atoms with Crippen LogP contribution in [0.1, 0.15) is 10.4 Å². The fraction of sp³-hybridized carbons (Fsp3) is 0.0476. The van der Waals surface area contributed by atoms with Crippen molar-refractivity contribution >= 4 is 22.8 Å². The van der Waals surface area contributed by atoms with E-state index in [1.165, 1.54) is 23.9 Å². The van der Waals surface area contributed by atoms with Gasteiger partial charge in [0.1, 0.15) is 5.56 Å². The molecule has 0 unspecified atom stereocenters. The molecule has 0 aliphatic heterocycles. The van der Waals surface area contributed by atoms with Crippen LogP contribution in [-0.4, -0.2) is 32.7 Å². The zero-order valence-corrected chi connectivity index (χ0v) is 15.4. The van der Waals surface area contributed by atoms with Crippen LogP contribution in [0.2, 0.25) is 0 Å². The minimum absolute atomic E-state index is 0.0166. The molecule has 0 fully saturated rings. The van der Waals surface area contributed by atoms with E-state index in [-0.39, 0.29) is 23.0 Å². The standard InChI is InChI=1S/C21H16N4O4/c1-29-18-16(20(27)28)10-13(11-23-18)12-7-8-17-15(9-12)19(26)25(21(22)24-17)14-5-3-2-4-6-14/h2-11H,1H3,(H2,22,24)(H,27,28). The summed E-state index contributed by atoms with van der Waals surface area (Å²) in [6, 6.07) is 15.5. The Hall–Kier alpha value is -4.20. The molecule has 8 nitrogen and oxygen atoms in total. The number of anilines is 1. The summed E-state index contributed by atoms with van der Waals surface area (Å²) in [6.07, 6.45) is 1.49. The number of rotatable bonds is 4. The van der Waals surface area contributed by atoms with Crippen molar-refractivity contribution in [2.75, 3.05) is 12.8 Å². The van der Waals surface area contributed by atoms with Gasteiger partial charge >= 0.3 is 5.97 Å². The van der Waals surface area contributed by atoms with E-state index in [1.54, 1.807) is 42.5 Å².